The van der Waals surface area contributed by atoms with Crippen LogP contribution < -0.4 is 0 Å². The maximum atomic E-state index is 15.7. The van der Waals surface area contributed by atoms with Crippen LogP contribution in [-0.4, -0.2) is 8.41 Å². The third-order valence-corrected chi connectivity index (χ3v) is 11.1. The molecule has 0 bridgehead atoms. The molecule has 1 heterocycles. The van der Waals surface area contributed by atoms with Gasteiger partial charge < -0.3 is 4.11 Å². The van der Waals surface area contributed by atoms with Gasteiger partial charge in [0.05, 0.1) is 0 Å². The number of rotatable bonds is 5. The minimum absolute atomic E-state index is 0.00604. The van der Waals surface area contributed by atoms with Crippen LogP contribution in [0.5, 0.6) is 0 Å². The van der Waals surface area contributed by atoms with Gasteiger partial charge >= 0.3 is 0 Å². The third-order valence-electron chi connectivity index (χ3n) is 6.85. The van der Waals surface area contributed by atoms with Crippen LogP contribution in [0.2, 0.25) is 17.6 Å². The van der Waals surface area contributed by atoms with E-state index in [0.29, 0.717) is 11.5 Å². The molecule has 4 heteroatoms. The zero-order valence-electron chi connectivity index (χ0n) is 15.8. The van der Waals surface area contributed by atoms with E-state index in [2.05, 4.69) is 6.92 Å². The van der Waals surface area contributed by atoms with Crippen LogP contribution in [0.4, 0.5) is 12.9 Å². The van der Waals surface area contributed by atoms with Gasteiger partial charge in [-0.15, -0.1) is 0 Å². The van der Waals surface area contributed by atoms with Gasteiger partial charge in [0.2, 0.25) is 8.41 Å². The molecule has 0 N–H and O–H groups in total. The molecular weight excluding hydrogens is 349 g/mol. The van der Waals surface area contributed by atoms with Crippen molar-refractivity contribution in [3.05, 3.63) is 41.7 Å². The maximum absolute atomic E-state index is 15.7. The van der Waals surface area contributed by atoms with Crippen molar-refractivity contribution < 1.29 is 12.9 Å². The Hall–Kier alpha value is -1.03. The standard InChI is InChI=1S/C22H31F3Si/c1-2-3-17-4-10-21(11-5-17)26(25)14-12-19(13-15-26)18-6-8-20(9-7-18)22(24)16-23/h6-9,16-17,19,21H,2-5,10-15H2,1H3/b22-16-. The Balaban J connectivity index is 1.55. The molecule has 0 aromatic heterocycles. The molecule has 2 fully saturated rings. The highest BCUT2D eigenvalue weighted by atomic mass is 28.4. The maximum Gasteiger partial charge on any atom is 0.250 e. The lowest BCUT2D eigenvalue weighted by atomic mass is 9.86. The van der Waals surface area contributed by atoms with E-state index in [1.54, 1.807) is 12.1 Å². The smallest absolute Gasteiger partial charge is 0.250 e. The lowest BCUT2D eigenvalue weighted by Crippen LogP contribution is -2.40. The van der Waals surface area contributed by atoms with Gasteiger partial charge in [-0.2, -0.15) is 0 Å². The predicted molar refractivity (Wildman–Crippen MR) is 106 cm³/mol. The molecule has 0 atom stereocenters. The molecule has 144 valence electrons. The second-order valence-corrected chi connectivity index (χ2v) is 12.3. The highest BCUT2D eigenvalue weighted by Gasteiger charge is 2.46. The number of halogens is 3. The average molecular weight is 381 g/mol. The first kappa shape index (κ1) is 19.7. The van der Waals surface area contributed by atoms with Crippen LogP contribution in [0.3, 0.4) is 0 Å². The first-order valence-corrected chi connectivity index (χ1v) is 12.7. The fourth-order valence-corrected chi connectivity index (χ4v) is 9.28. The van der Waals surface area contributed by atoms with Gasteiger partial charge in [0, 0.05) is 5.56 Å². The van der Waals surface area contributed by atoms with Gasteiger partial charge in [0.15, 0.2) is 5.83 Å². The lowest BCUT2D eigenvalue weighted by Gasteiger charge is -2.40. The molecule has 3 rings (SSSR count). The molecule has 1 aliphatic carbocycles. The fourth-order valence-electron chi connectivity index (χ4n) is 5.19. The van der Waals surface area contributed by atoms with Gasteiger partial charge in [-0.25, -0.2) is 8.78 Å². The summed E-state index contributed by atoms with van der Waals surface area (Å²) in [6.07, 6.45) is 9.07. The van der Waals surface area contributed by atoms with E-state index in [-0.39, 0.29) is 11.9 Å². The van der Waals surface area contributed by atoms with Crippen LogP contribution in [0.25, 0.3) is 5.83 Å². The molecule has 2 aliphatic rings. The van der Waals surface area contributed by atoms with Crippen LogP contribution in [-0.2, 0) is 0 Å². The number of hydrogen-bond acceptors (Lipinski definition) is 0. The largest absolute Gasteiger partial charge is 0.314 e. The Kier molecular flexibility index (Phi) is 6.65. The van der Waals surface area contributed by atoms with E-state index >= 15 is 4.11 Å². The zero-order chi connectivity index (χ0) is 18.6. The molecule has 0 spiro atoms. The first-order valence-electron chi connectivity index (χ1n) is 10.3. The summed E-state index contributed by atoms with van der Waals surface area (Å²) in [5.74, 6) is 0.366. The molecule has 0 radical (unpaired) electrons. The number of hydrogen-bond donors (Lipinski definition) is 0. The van der Waals surface area contributed by atoms with Crippen molar-refractivity contribution in [2.75, 3.05) is 0 Å². The summed E-state index contributed by atoms with van der Waals surface area (Å²) in [4.78, 5) is 0. The minimum Gasteiger partial charge on any atom is -0.314 e. The van der Waals surface area contributed by atoms with E-state index < -0.39 is 14.2 Å². The molecule has 1 aromatic rings. The summed E-state index contributed by atoms with van der Waals surface area (Å²) in [5.41, 5.74) is 1.79. The Morgan fingerprint density at radius 1 is 1.04 bits per heavy atom. The zero-order valence-corrected chi connectivity index (χ0v) is 16.8. The molecular formula is C22H31F3Si. The second kappa shape index (κ2) is 8.77. The number of benzene rings is 1. The summed E-state index contributed by atoms with van der Waals surface area (Å²) in [7, 11) is -2.62. The van der Waals surface area contributed by atoms with Crippen molar-refractivity contribution in [1.29, 1.82) is 0 Å². The van der Waals surface area contributed by atoms with Crippen LogP contribution >= 0.6 is 0 Å². The highest BCUT2D eigenvalue weighted by Crippen LogP contribution is 2.50. The SMILES string of the molecule is CCCC1CCC([Si]2(F)CCC(c3ccc(/C(F)=C/F)cc3)CC2)CC1. The Labute approximate surface area is 157 Å². The summed E-state index contributed by atoms with van der Waals surface area (Å²) in [5, 5.41) is 0. The fraction of sp³-hybridized carbons (Fsp3) is 0.636. The Bertz CT molecular complexity index is 594. The van der Waals surface area contributed by atoms with E-state index in [9.17, 15) is 8.78 Å². The molecule has 1 aliphatic heterocycles. The quantitative estimate of drug-likeness (QED) is 0.358. The van der Waals surface area contributed by atoms with Crippen LogP contribution in [0.15, 0.2) is 30.6 Å². The highest BCUT2D eigenvalue weighted by molar-refractivity contribution is 6.74. The van der Waals surface area contributed by atoms with Crippen molar-refractivity contribution in [2.24, 2.45) is 5.92 Å². The van der Waals surface area contributed by atoms with E-state index in [0.717, 1.165) is 49.3 Å². The van der Waals surface area contributed by atoms with Crippen molar-refractivity contribution in [2.45, 2.75) is 81.8 Å². The Morgan fingerprint density at radius 3 is 2.19 bits per heavy atom. The van der Waals surface area contributed by atoms with Gasteiger partial charge in [-0.1, -0.05) is 69.7 Å². The van der Waals surface area contributed by atoms with Gasteiger partial charge in [-0.3, -0.25) is 0 Å². The topological polar surface area (TPSA) is 0 Å². The van der Waals surface area contributed by atoms with Crippen LogP contribution in [0.1, 0.15) is 75.3 Å². The van der Waals surface area contributed by atoms with Crippen molar-refractivity contribution in [1.82, 2.24) is 0 Å². The lowest BCUT2D eigenvalue weighted by molar-refractivity contribution is 0.322. The molecule has 1 saturated heterocycles. The van der Waals surface area contributed by atoms with E-state index in [1.807, 2.05) is 12.1 Å². The summed E-state index contributed by atoms with van der Waals surface area (Å²) < 4.78 is 41.3. The average Bonchev–Trinajstić information content (AvgIpc) is 2.69. The molecule has 0 nitrogen and oxygen atoms in total. The first-order chi connectivity index (χ1) is 12.6. The summed E-state index contributed by atoms with van der Waals surface area (Å²) in [6, 6.07) is 8.58. The Morgan fingerprint density at radius 2 is 1.65 bits per heavy atom. The molecule has 1 saturated carbocycles. The molecule has 0 unspecified atom stereocenters. The van der Waals surface area contributed by atoms with Crippen LogP contribution in [0, 0.1) is 5.92 Å². The molecule has 0 amide bonds. The summed E-state index contributed by atoms with van der Waals surface area (Å²) >= 11 is 0. The van der Waals surface area contributed by atoms with Crippen molar-refractivity contribution in [3.8, 4) is 0 Å². The van der Waals surface area contributed by atoms with Crippen molar-refractivity contribution >= 4 is 14.2 Å². The summed E-state index contributed by atoms with van der Waals surface area (Å²) in [6.45, 7) is 2.24. The minimum atomic E-state index is -2.62. The monoisotopic (exact) mass is 380 g/mol. The van der Waals surface area contributed by atoms with Gasteiger partial charge in [0.1, 0.15) is 6.33 Å². The normalized spacial score (nSPS) is 33.2. The third kappa shape index (κ3) is 4.44. The van der Waals surface area contributed by atoms with E-state index in [1.165, 1.54) is 25.7 Å². The van der Waals surface area contributed by atoms with E-state index in [4.69, 9.17) is 0 Å². The van der Waals surface area contributed by atoms with Gasteiger partial charge in [0.25, 0.3) is 0 Å². The molecule has 26 heavy (non-hydrogen) atoms. The predicted octanol–water partition coefficient (Wildman–Crippen LogP) is 8.08. The van der Waals surface area contributed by atoms with Crippen molar-refractivity contribution in [3.63, 3.8) is 0 Å². The second-order valence-electron chi connectivity index (χ2n) is 8.39. The van der Waals surface area contributed by atoms with Gasteiger partial charge in [-0.05, 0) is 47.9 Å². The molecule has 1 aromatic carbocycles.